The van der Waals surface area contributed by atoms with Crippen LogP contribution in [0.5, 0.6) is 0 Å². The Balaban J connectivity index is 1.56. The van der Waals surface area contributed by atoms with E-state index in [1.165, 1.54) is 42.4 Å². The van der Waals surface area contributed by atoms with Crippen molar-refractivity contribution >= 4 is 17.7 Å². The molecule has 35 heavy (non-hydrogen) atoms. The van der Waals surface area contributed by atoms with Gasteiger partial charge >= 0.3 is 0 Å². The molecule has 0 spiro atoms. The number of amides is 1. The Bertz CT molecular complexity index is 1150. The molecule has 1 aliphatic heterocycles. The Morgan fingerprint density at radius 1 is 1.03 bits per heavy atom. The summed E-state index contributed by atoms with van der Waals surface area (Å²) in [4.78, 5) is 17.1. The zero-order valence-electron chi connectivity index (χ0n) is 20.3. The zero-order valence-corrected chi connectivity index (χ0v) is 21.1. The van der Waals surface area contributed by atoms with Gasteiger partial charge < -0.3 is 4.90 Å². The first-order valence-corrected chi connectivity index (χ1v) is 12.8. The molecule has 1 amide bonds. The van der Waals surface area contributed by atoms with Crippen LogP contribution in [-0.2, 0) is 11.3 Å². The molecule has 6 nitrogen and oxygen atoms in total. The third-order valence-electron chi connectivity index (χ3n) is 6.37. The van der Waals surface area contributed by atoms with Crippen LogP contribution in [0.2, 0.25) is 0 Å². The minimum absolute atomic E-state index is 0.0314. The van der Waals surface area contributed by atoms with Crippen molar-refractivity contribution in [3.05, 3.63) is 71.6 Å². The fraction of sp³-hybridized carbons (Fsp3) is 0.423. The van der Waals surface area contributed by atoms with Gasteiger partial charge in [-0.1, -0.05) is 30.3 Å². The van der Waals surface area contributed by atoms with Gasteiger partial charge in [0.1, 0.15) is 11.6 Å². The predicted molar refractivity (Wildman–Crippen MR) is 133 cm³/mol. The minimum atomic E-state index is -0.449. The minimum Gasteiger partial charge on any atom is -0.340 e. The Labute approximate surface area is 209 Å². The Kier molecular flexibility index (Phi) is 8.18. The van der Waals surface area contributed by atoms with Crippen LogP contribution in [0.15, 0.2) is 53.7 Å². The average molecular weight is 500 g/mol. The first-order chi connectivity index (χ1) is 16.8. The van der Waals surface area contributed by atoms with Crippen LogP contribution in [0.1, 0.15) is 50.5 Å². The highest BCUT2D eigenvalue weighted by atomic mass is 32.2. The molecule has 4 rings (SSSR count). The number of halogens is 2. The number of aromatic nitrogens is 3. The highest BCUT2D eigenvalue weighted by Crippen LogP contribution is 2.31. The molecule has 1 saturated heterocycles. The van der Waals surface area contributed by atoms with E-state index < -0.39 is 5.25 Å². The monoisotopic (exact) mass is 499 g/mol. The summed E-state index contributed by atoms with van der Waals surface area (Å²) in [7, 11) is 1.71. The van der Waals surface area contributed by atoms with Gasteiger partial charge in [-0.15, -0.1) is 10.2 Å². The quantitative estimate of drug-likeness (QED) is 0.397. The molecule has 1 aromatic heterocycles. The van der Waals surface area contributed by atoms with Gasteiger partial charge in [0.25, 0.3) is 0 Å². The number of benzene rings is 2. The first-order valence-electron chi connectivity index (χ1n) is 11.9. The van der Waals surface area contributed by atoms with Crippen molar-refractivity contribution in [2.45, 2.75) is 56.1 Å². The molecule has 0 aliphatic carbocycles. The Morgan fingerprint density at radius 2 is 1.74 bits per heavy atom. The molecule has 3 aromatic rings. The normalized spacial score (nSPS) is 16.1. The fourth-order valence-electron chi connectivity index (χ4n) is 4.44. The van der Waals surface area contributed by atoms with E-state index in [2.05, 4.69) is 22.0 Å². The number of nitrogens with zero attached hydrogens (tertiary/aromatic N) is 5. The number of hydrogen-bond donors (Lipinski definition) is 0. The molecule has 0 N–H and O–H groups in total. The van der Waals surface area contributed by atoms with Crippen LogP contribution in [0.25, 0.3) is 5.69 Å². The van der Waals surface area contributed by atoms with Crippen LogP contribution < -0.4 is 0 Å². The van der Waals surface area contributed by atoms with E-state index in [1.54, 1.807) is 36.2 Å². The van der Waals surface area contributed by atoms with Crippen molar-refractivity contribution in [2.24, 2.45) is 0 Å². The third-order valence-corrected chi connectivity index (χ3v) is 7.40. The largest absolute Gasteiger partial charge is 0.340 e. The highest BCUT2D eigenvalue weighted by Gasteiger charge is 2.28. The molecule has 1 fully saturated rings. The van der Waals surface area contributed by atoms with Crippen LogP contribution in [-0.4, -0.2) is 55.9 Å². The zero-order chi connectivity index (χ0) is 24.9. The van der Waals surface area contributed by atoms with Crippen LogP contribution in [0.3, 0.4) is 0 Å². The Hall–Kier alpha value is -2.78. The lowest BCUT2D eigenvalue weighted by Crippen LogP contribution is -2.34. The van der Waals surface area contributed by atoms with Crippen LogP contribution in [0.4, 0.5) is 8.78 Å². The Morgan fingerprint density at radius 3 is 2.43 bits per heavy atom. The van der Waals surface area contributed by atoms with E-state index in [4.69, 9.17) is 0 Å². The summed E-state index contributed by atoms with van der Waals surface area (Å²) < 4.78 is 29.1. The summed E-state index contributed by atoms with van der Waals surface area (Å²) in [5.74, 6) is 0.0324. The van der Waals surface area contributed by atoms with E-state index in [0.717, 1.165) is 43.0 Å². The maximum absolute atomic E-state index is 13.7. The molecule has 2 heterocycles. The smallest absolute Gasteiger partial charge is 0.235 e. The number of rotatable bonds is 8. The fourth-order valence-corrected chi connectivity index (χ4v) is 5.43. The summed E-state index contributed by atoms with van der Waals surface area (Å²) >= 11 is 1.32. The molecule has 2 atom stereocenters. The van der Waals surface area contributed by atoms with E-state index in [9.17, 15) is 13.6 Å². The molecule has 0 bridgehead atoms. The van der Waals surface area contributed by atoms with Gasteiger partial charge in [0.05, 0.1) is 11.3 Å². The van der Waals surface area contributed by atoms with Crippen molar-refractivity contribution in [1.29, 1.82) is 0 Å². The molecule has 186 valence electrons. The number of likely N-dealkylation sites (tertiary alicyclic amines) is 1. The highest BCUT2D eigenvalue weighted by molar-refractivity contribution is 8.00. The van der Waals surface area contributed by atoms with E-state index in [-0.39, 0.29) is 23.6 Å². The second kappa shape index (κ2) is 11.3. The van der Waals surface area contributed by atoms with Gasteiger partial charge in [0, 0.05) is 19.3 Å². The van der Waals surface area contributed by atoms with Crippen molar-refractivity contribution in [3.8, 4) is 5.69 Å². The van der Waals surface area contributed by atoms with Gasteiger partial charge in [0.15, 0.2) is 11.0 Å². The summed E-state index contributed by atoms with van der Waals surface area (Å²) in [5.41, 5.74) is 1.48. The number of hydrogen-bond acceptors (Lipinski definition) is 5. The third kappa shape index (κ3) is 6.08. The van der Waals surface area contributed by atoms with Crippen molar-refractivity contribution in [2.75, 3.05) is 20.1 Å². The molecule has 1 aliphatic rings. The molecular weight excluding hydrogens is 468 g/mol. The standard InChI is InChI=1S/C26H31F2N5OS/c1-18(32-14-5-4-6-15-32)24-29-30-26(33(24)23-12-10-21(27)11-13-23)35-19(2)25(34)31(3)17-20-8-7-9-22(28)16-20/h7-13,16,18-19H,4-6,14-15,17H2,1-3H3/t18-,19+/m1/s1. The maximum Gasteiger partial charge on any atom is 0.235 e. The predicted octanol–water partition coefficient (Wildman–Crippen LogP) is 5.23. The van der Waals surface area contributed by atoms with Gasteiger partial charge in [-0.2, -0.15) is 0 Å². The van der Waals surface area contributed by atoms with Crippen molar-refractivity contribution in [1.82, 2.24) is 24.6 Å². The van der Waals surface area contributed by atoms with Crippen molar-refractivity contribution in [3.63, 3.8) is 0 Å². The molecule has 0 saturated carbocycles. The SMILES string of the molecule is C[C@H](Sc1nnc([C@@H](C)N2CCCCC2)n1-c1ccc(F)cc1)C(=O)N(C)Cc1cccc(F)c1. The van der Waals surface area contributed by atoms with Gasteiger partial charge in [0.2, 0.25) is 5.91 Å². The van der Waals surface area contributed by atoms with Gasteiger partial charge in [-0.25, -0.2) is 8.78 Å². The number of carbonyl (C=O) groups excluding carboxylic acids is 1. The molecule has 0 unspecified atom stereocenters. The number of piperidine rings is 1. The van der Waals surface area contributed by atoms with Crippen LogP contribution >= 0.6 is 11.8 Å². The summed E-state index contributed by atoms with van der Waals surface area (Å²) in [6.07, 6.45) is 3.54. The second-order valence-electron chi connectivity index (χ2n) is 9.01. The molecule has 9 heteroatoms. The number of thioether (sulfide) groups is 1. The lowest BCUT2D eigenvalue weighted by atomic mass is 10.1. The average Bonchev–Trinajstić information content (AvgIpc) is 3.27. The van der Waals surface area contributed by atoms with Gasteiger partial charge in [-0.05, 0) is 81.7 Å². The first kappa shape index (κ1) is 25.3. The lowest BCUT2D eigenvalue weighted by molar-refractivity contribution is -0.129. The maximum atomic E-state index is 13.7. The molecule has 0 radical (unpaired) electrons. The van der Waals surface area contributed by atoms with Crippen molar-refractivity contribution < 1.29 is 13.6 Å². The van der Waals surface area contributed by atoms with Crippen LogP contribution in [0, 0.1) is 11.6 Å². The number of carbonyl (C=O) groups is 1. The molecular formula is C26H31F2N5OS. The van der Waals surface area contributed by atoms with E-state index >= 15 is 0 Å². The molecule has 2 aromatic carbocycles. The van der Waals surface area contributed by atoms with Gasteiger partial charge in [-0.3, -0.25) is 14.3 Å². The van der Waals surface area contributed by atoms with E-state index in [0.29, 0.717) is 11.7 Å². The summed E-state index contributed by atoms with van der Waals surface area (Å²) in [5, 5.41) is 9.09. The topological polar surface area (TPSA) is 54.3 Å². The second-order valence-corrected chi connectivity index (χ2v) is 10.3. The summed E-state index contributed by atoms with van der Waals surface area (Å²) in [6, 6.07) is 12.5. The summed E-state index contributed by atoms with van der Waals surface area (Å²) in [6.45, 7) is 6.25. The lowest BCUT2D eigenvalue weighted by Gasteiger charge is -2.32. The van der Waals surface area contributed by atoms with E-state index in [1.807, 2.05) is 11.5 Å².